The lowest BCUT2D eigenvalue weighted by atomic mass is 9.92. The molecule has 1 aliphatic carbocycles. The Labute approximate surface area is 178 Å². The van der Waals surface area contributed by atoms with Crippen molar-refractivity contribution in [1.82, 2.24) is 0 Å². The smallest absolute Gasteiger partial charge is 0.303 e. The third kappa shape index (κ3) is 5.02. The first kappa shape index (κ1) is 21.4. The number of halogens is 1. The highest BCUT2D eigenvalue weighted by molar-refractivity contribution is 6.30. The minimum absolute atomic E-state index is 0.149. The summed E-state index contributed by atoms with van der Waals surface area (Å²) < 4.78 is 6.25. The molecule has 3 nitrogen and oxygen atoms in total. The number of rotatable bonds is 8. The third-order valence-corrected chi connectivity index (χ3v) is 6.34. The lowest BCUT2D eigenvalue weighted by Crippen LogP contribution is -2.06. The molecule has 1 atom stereocenters. The van der Waals surface area contributed by atoms with E-state index in [0.717, 1.165) is 40.3 Å². The molecule has 1 N–H and O–H groups in total. The predicted molar refractivity (Wildman–Crippen MR) is 119 cm³/mol. The van der Waals surface area contributed by atoms with Crippen LogP contribution in [0.5, 0.6) is 5.75 Å². The molecule has 0 aromatic heterocycles. The highest BCUT2D eigenvalue weighted by atomic mass is 35.5. The van der Waals surface area contributed by atoms with E-state index in [0.29, 0.717) is 18.9 Å². The molecular weight excluding hydrogens is 384 g/mol. The average molecular weight is 413 g/mol. The van der Waals surface area contributed by atoms with E-state index in [-0.39, 0.29) is 6.42 Å². The van der Waals surface area contributed by atoms with Gasteiger partial charge in [-0.2, -0.15) is 0 Å². The second-order valence-corrected chi connectivity index (χ2v) is 8.26. The lowest BCUT2D eigenvalue weighted by Gasteiger charge is -2.17. The number of carboxylic acid groups (broad SMARTS) is 1. The maximum atomic E-state index is 10.9. The molecule has 0 aliphatic heterocycles. The van der Waals surface area contributed by atoms with Crippen molar-refractivity contribution in [2.24, 2.45) is 5.92 Å². The van der Waals surface area contributed by atoms with E-state index in [4.69, 9.17) is 21.4 Å². The van der Waals surface area contributed by atoms with Gasteiger partial charge >= 0.3 is 5.97 Å². The number of allylic oxidation sites excluding steroid dienone is 1. The van der Waals surface area contributed by atoms with Crippen LogP contribution in [0.2, 0.25) is 5.02 Å². The van der Waals surface area contributed by atoms with Gasteiger partial charge in [-0.3, -0.25) is 4.79 Å². The Balaban J connectivity index is 1.80. The fourth-order valence-corrected chi connectivity index (χ4v) is 4.36. The summed E-state index contributed by atoms with van der Waals surface area (Å²) in [5.41, 5.74) is 7.31. The van der Waals surface area contributed by atoms with E-state index < -0.39 is 5.97 Å². The van der Waals surface area contributed by atoms with Gasteiger partial charge in [-0.25, -0.2) is 0 Å². The van der Waals surface area contributed by atoms with Crippen molar-refractivity contribution in [3.63, 3.8) is 0 Å². The first-order chi connectivity index (χ1) is 13.9. The van der Waals surface area contributed by atoms with Gasteiger partial charge in [0.2, 0.25) is 0 Å². The molecule has 2 aromatic rings. The SMILES string of the molecule is CCC1CCC(COc2ccc(CCC(=O)O)c(C)c2C)=C1c1ccc(Cl)cc1. The maximum absolute atomic E-state index is 10.9. The summed E-state index contributed by atoms with van der Waals surface area (Å²) >= 11 is 6.08. The van der Waals surface area contributed by atoms with E-state index in [1.54, 1.807) is 0 Å². The van der Waals surface area contributed by atoms with E-state index in [2.05, 4.69) is 19.1 Å². The largest absolute Gasteiger partial charge is 0.489 e. The van der Waals surface area contributed by atoms with Crippen LogP contribution < -0.4 is 4.74 Å². The van der Waals surface area contributed by atoms with Crippen LogP contribution in [0.25, 0.3) is 5.57 Å². The summed E-state index contributed by atoms with van der Waals surface area (Å²) in [6.07, 6.45) is 4.05. The van der Waals surface area contributed by atoms with Crippen molar-refractivity contribution in [1.29, 1.82) is 0 Å². The zero-order chi connectivity index (χ0) is 21.0. The molecule has 0 spiro atoms. The molecule has 0 heterocycles. The fraction of sp³-hybridized carbons (Fsp3) is 0.400. The Kier molecular flexibility index (Phi) is 7.02. The first-order valence-electron chi connectivity index (χ1n) is 10.3. The number of hydrogen-bond acceptors (Lipinski definition) is 2. The normalized spacial score (nSPS) is 16.3. The molecule has 0 fully saturated rings. The predicted octanol–water partition coefficient (Wildman–Crippen LogP) is 6.63. The minimum Gasteiger partial charge on any atom is -0.489 e. The second kappa shape index (κ2) is 9.49. The van der Waals surface area contributed by atoms with Crippen molar-refractivity contribution < 1.29 is 14.6 Å². The van der Waals surface area contributed by atoms with Crippen LogP contribution in [0.15, 0.2) is 42.0 Å². The van der Waals surface area contributed by atoms with E-state index in [1.807, 2.05) is 38.1 Å². The van der Waals surface area contributed by atoms with Gasteiger partial charge in [0.25, 0.3) is 0 Å². The van der Waals surface area contributed by atoms with Gasteiger partial charge in [0.1, 0.15) is 12.4 Å². The van der Waals surface area contributed by atoms with Crippen LogP contribution in [0.4, 0.5) is 0 Å². The van der Waals surface area contributed by atoms with E-state index in [1.165, 1.54) is 23.1 Å². The molecular formula is C25H29ClO3. The molecule has 3 rings (SSSR count). The standard InChI is InChI=1S/C25H29ClO3/c1-4-18-5-6-21(25(18)20-7-11-22(26)12-8-20)15-29-23-13-9-19(10-14-24(27)28)16(2)17(23)3/h7-9,11-13,18H,4-6,10,14-15H2,1-3H3,(H,27,28). The highest BCUT2D eigenvalue weighted by Gasteiger charge is 2.25. The van der Waals surface area contributed by atoms with Crippen molar-refractivity contribution in [2.75, 3.05) is 6.61 Å². The lowest BCUT2D eigenvalue weighted by molar-refractivity contribution is -0.136. The molecule has 29 heavy (non-hydrogen) atoms. The van der Waals surface area contributed by atoms with Gasteiger partial charge < -0.3 is 9.84 Å². The van der Waals surface area contributed by atoms with Crippen LogP contribution >= 0.6 is 11.6 Å². The highest BCUT2D eigenvalue weighted by Crippen LogP contribution is 2.41. The maximum Gasteiger partial charge on any atom is 0.303 e. The zero-order valence-corrected chi connectivity index (χ0v) is 18.2. The van der Waals surface area contributed by atoms with Gasteiger partial charge in [0.15, 0.2) is 0 Å². The molecule has 4 heteroatoms. The Morgan fingerprint density at radius 3 is 2.52 bits per heavy atom. The number of aliphatic carboxylic acids is 1. The molecule has 0 saturated heterocycles. The van der Waals surface area contributed by atoms with Crippen molar-refractivity contribution in [3.05, 3.63) is 69.2 Å². The van der Waals surface area contributed by atoms with E-state index >= 15 is 0 Å². The van der Waals surface area contributed by atoms with Crippen LogP contribution in [0.1, 0.15) is 54.9 Å². The fourth-order valence-electron chi connectivity index (χ4n) is 4.23. The van der Waals surface area contributed by atoms with Gasteiger partial charge in [-0.15, -0.1) is 0 Å². The monoisotopic (exact) mass is 412 g/mol. The summed E-state index contributed by atoms with van der Waals surface area (Å²) in [4.78, 5) is 10.9. The second-order valence-electron chi connectivity index (χ2n) is 7.82. The van der Waals surface area contributed by atoms with Gasteiger partial charge in [-0.05, 0) is 97.0 Å². The number of hydrogen-bond donors (Lipinski definition) is 1. The van der Waals surface area contributed by atoms with Gasteiger partial charge in [-0.1, -0.05) is 36.7 Å². The van der Waals surface area contributed by atoms with Crippen LogP contribution in [0, 0.1) is 19.8 Å². The van der Waals surface area contributed by atoms with Crippen molar-refractivity contribution in [2.45, 2.75) is 52.9 Å². The number of aryl methyl sites for hydroxylation is 1. The Morgan fingerprint density at radius 1 is 1.14 bits per heavy atom. The molecule has 0 amide bonds. The minimum atomic E-state index is -0.768. The Hall–Kier alpha value is -2.26. The topological polar surface area (TPSA) is 46.5 Å². The van der Waals surface area contributed by atoms with Crippen molar-refractivity contribution in [3.8, 4) is 5.75 Å². The molecule has 1 aliphatic rings. The first-order valence-corrected chi connectivity index (χ1v) is 10.7. The quantitative estimate of drug-likeness (QED) is 0.529. The number of carboxylic acids is 1. The summed E-state index contributed by atoms with van der Waals surface area (Å²) in [5, 5.41) is 9.69. The summed E-state index contributed by atoms with van der Waals surface area (Å²) in [6, 6.07) is 12.1. The average Bonchev–Trinajstić information content (AvgIpc) is 3.11. The van der Waals surface area contributed by atoms with Gasteiger partial charge in [0, 0.05) is 11.4 Å². The summed E-state index contributed by atoms with van der Waals surface area (Å²) in [7, 11) is 0. The number of carbonyl (C=O) groups is 1. The van der Waals surface area contributed by atoms with E-state index in [9.17, 15) is 4.79 Å². The molecule has 1 unspecified atom stereocenters. The zero-order valence-electron chi connectivity index (χ0n) is 17.4. The van der Waals surface area contributed by atoms with Gasteiger partial charge in [0.05, 0.1) is 0 Å². The number of ether oxygens (including phenoxy) is 1. The summed E-state index contributed by atoms with van der Waals surface area (Å²) in [6.45, 7) is 6.92. The number of benzene rings is 2. The molecule has 154 valence electrons. The van der Waals surface area contributed by atoms with Crippen molar-refractivity contribution >= 4 is 23.1 Å². The molecule has 2 aromatic carbocycles. The Morgan fingerprint density at radius 2 is 1.86 bits per heavy atom. The van der Waals surface area contributed by atoms with Crippen LogP contribution in [0.3, 0.4) is 0 Å². The molecule has 0 saturated carbocycles. The Bertz CT molecular complexity index is 912. The van der Waals surface area contributed by atoms with Crippen LogP contribution in [-0.2, 0) is 11.2 Å². The third-order valence-electron chi connectivity index (χ3n) is 6.09. The molecule has 0 radical (unpaired) electrons. The summed E-state index contributed by atoms with van der Waals surface area (Å²) in [5.74, 6) is 0.677. The van der Waals surface area contributed by atoms with Crippen LogP contribution in [-0.4, -0.2) is 17.7 Å². The molecule has 0 bridgehead atoms.